The van der Waals surface area contributed by atoms with E-state index >= 15 is 0 Å². The Kier molecular flexibility index (Phi) is 4.47. The predicted octanol–water partition coefficient (Wildman–Crippen LogP) is 7.46. The summed E-state index contributed by atoms with van der Waals surface area (Å²) in [7, 11) is 0. The third kappa shape index (κ3) is 3.23. The molecule has 152 valence electrons. The molecule has 0 fully saturated rings. The molecule has 0 unspecified atom stereocenters. The largest absolute Gasteiger partial charge is 0.456 e. The summed E-state index contributed by atoms with van der Waals surface area (Å²) in [5.74, 6) is 3.39. The van der Waals surface area contributed by atoms with Gasteiger partial charge in [0.1, 0.15) is 23.0 Å². The van der Waals surface area contributed by atoms with Gasteiger partial charge in [0, 0.05) is 22.3 Å². The van der Waals surface area contributed by atoms with Crippen LogP contribution in [-0.4, -0.2) is 0 Å². The molecule has 0 saturated heterocycles. The van der Waals surface area contributed by atoms with E-state index in [1.54, 1.807) is 0 Å². The number of fused-ring (bicyclic) bond motifs is 2. The summed E-state index contributed by atoms with van der Waals surface area (Å²) in [5.41, 5.74) is 6.48. The SMILES string of the molecule is C1=C(c2ccccc2)Oc2ccccc2/C1=C1/C=C(c2ccccc2)Oc2ccccc21. The summed E-state index contributed by atoms with van der Waals surface area (Å²) >= 11 is 0. The van der Waals surface area contributed by atoms with Gasteiger partial charge in [-0.3, -0.25) is 0 Å². The first-order valence-electron chi connectivity index (χ1n) is 10.7. The number of benzene rings is 4. The summed E-state index contributed by atoms with van der Waals surface area (Å²) in [6.07, 6.45) is 4.29. The van der Waals surface area contributed by atoms with Crippen molar-refractivity contribution in [2.45, 2.75) is 0 Å². The fourth-order valence-electron chi connectivity index (χ4n) is 4.20. The Morgan fingerprint density at radius 2 is 0.750 bits per heavy atom. The molecule has 6 rings (SSSR count). The van der Waals surface area contributed by atoms with Gasteiger partial charge in [-0.25, -0.2) is 0 Å². The normalized spacial score (nSPS) is 16.6. The number of para-hydroxylation sites is 2. The van der Waals surface area contributed by atoms with Gasteiger partial charge in [0.15, 0.2) is 0 Å². The van der Waals surface area contributed by atoms with Crippen LogP contribution in [0.25, 0.3) is 22.7 Å². The zero-order chi connectivity index (χ0) is 21.3. The molecule has 0 aromatic heterocycles. The van der Waals surface area contributed by atoms with Gasteiger partial charge in [-0.05, 0) is 35.4 Å². The third-order valence-electron chi connectivity index (χ3n) is 5.75. The molecule has 0 bridgehead atoms. The monoisotopic (exact) mass is 412 g/mol. The topological polar surface area (TPSA) is 18.5 Å². The Hall–Kier alpha value is -4.30. The Balaban J connectivity index is 1.63. The molecule has 32 heavy (non-hydrogen) atoms. The van der Waals surface area contributed by atoms with E-state index in [1.807, 2.05) is 60.7 Å². The fraction of sp³-hybridized carbons (Fsp3) is 0. The second-order valence-corrected chi connectivity index (χ2v) is 7.77. The summed E-state index contributed by atoms with van der Waals surface area (Å²) in [6, 6.07) is 36.9. The lowest BCUT2D eigenvalue weighted by Gasteiger charge is -2.26. The fourth-order valence-corrected chi connectivity index (χ4v) is 4.20. The molecule has 0 saturated carbocycles. The summed E-state index contributed by atoms with van der Waals surface area (Å²) < 4.78 is 12.6. The first-order valence-corrected chi connectivity index (χ1v) is 10.7. The van der Waals surface area contributed by atoms with Crippen LogP contribution in [-0.2, 0) is 0 Å². The van der Waals surface area contributed by atoms with Gasteiger partial charge in [-0.2, -0.15) is 0 Å². The number of ether oxygens (including phenoxy) is 2. The summed E-state index contributed by atoms with van der Waals surface area (Å²) in [6.45, 7) is 0. The van der Waals surface area contributed by atoms with Crippen molar-refractivity contribution in [1.82, 2.24) is 0 Å². The molecule has 2 heterocycles. The highest BCUT2D eigenvalue weighted by atomic mass is 16.5. The first kappa shape index (κ1) is 18.5. The summed E-state index contributed by atoms with van der Waals surface area (Å²) in [4.78, 5) is 0. The maximum absolute atomic E-state index is 6.31. The van der Waals surface area contributed by atoms with E-state index in [9.17, 15) is 0 Å². The molecule has 2 nitrogen and oxygen atoms in total. The van der Waals surface area contributed by atoms with Gasteiger partial charge in [-0.15, -0.1) is 0 Å². The lowest BCUT2D eigenvalue weighted by molar-refractivity contribution is 0.507. The van der Waals surface area contributed by atoms with E-state index in [0.29, 0.717) is 0 Å². The Labute approximate surface area is 187 Å². The zero-order valence-electron chi connectivity index (χ0n) is 17.4. The summed E-state index contributed by atoms with van der Waals surface area (Å²) in [5, 5.41) is 0. The second kappa shape index (κ2) is 7.75. The quantitative estimate of drug-likeness (QED) is 0.340. The van der Waals surface area contributed by atoms with Crippen LogP contribution in [0.15, 0.2) is 121 Å². The average Bonchev–Trinajstić information content (AvgIpc) is 2.88. The molecule has 2 aliphatic rings. The van der Waals surface area contributed by atoms with Crippen molar-refractivity contribution in [1.29, 1.82) is 0 Å². The van der Waals surface area contributed by atoms with E-state index < -0.39 is 0 Å². The Morgan fingerprint density at radius 1 is 0.375 bits per heavy atom. The second-order valence-electron chi connectivity index (χ2n) is 7.77. The number of hydrogen-bond acceptors (Lipinski definition) is 2. The highest BCUT2D eigenvalue weighted by Gasteiger charge is 2.25. The number of hydrogen-bond donors (Lipinski definition) is 0. The van der Waals surface area contributed by atoms with Crippen LogP contribution in [0.1, 0.15) is 22.3 Å². The van der Waals surface area contributed by atoms with Gasteiger partial charge < -0.3 is 9.47 Å². The van der Waals surface area contributed by atoms with Crippen LogP contribution in [0, 0.1) is 0 Å². The van der Waals surface area contributed by atoms with Crippen LogP contribution < -0.4 is 9.47 Å². The van der Waals surface area contributed by atoms with Gasteiger partial charge in [0.05, 0.1) is 0 Å². The average molecular weight is 412 g/mol. The molecule has 0 radical (unpaired) electrons. The van der Waals surface area contributed by atoms with Crippen molar-refractivity contribution in [2.75, 3.05) is 0 Å². The molecule has 2 aliphatic heterocycles. The number of allylic oxidation sites excluding steroid dienone is 4. The van der Waals surface area contributed by atoms with Crippen molar-refractivity contribution in [3.05, 3.63) is 144 Å². The lowest BCUT2D eigenvalue weighted by Crippen LogP contribution is -2.08. The highest BCUT2D eigenvalue weighted by molar-refractivity contribution is 6.08. The van der Waals surface area contributed by atoms with Crippen molar-refractivity contribution >= 4 is 22.7 Å². The molecule has 0 spiro atoms. The molecular weight excluding hydrogens is 392 g/mol. The van der Waals surface area contributed by atoms with E-state index in [4.69, 9.17) is 9.47 Å². The highest BCUT2D eigenvalue weighted by Crippen LogP contribution is 2.45. The van der Waals surface area contributed by atoms with Gasteiger partial charge in [-0.1, -0.05) is 97.1 Å². The van der Waals surface area contributed by atoms with Crippen molar-refractivity contribution in [2.24, 2.45) is 0 Å². The van der Waals surface area contributed by atoms with Crippen LogP contribution in [0.2, 0.25) is 0 Å². The minimum Gasteiger partial charge on any atom is -0.456 e. The van der Waals surface area contributed by atoms with Crippen LogP contribution in [0.5, 0.6) is 11.5 Å². The van der Waals surface area contributed by atoms with Gasteiger partial charge >= 0.3 is 0 Å². The first-order chi connectivity index (χ1) is 15.9. The number of rotatable bonds is 2. The molecular formula is C30H20O2. The Morgan fingerprint density at radius 3 is 1.19 bits per heavy atom. The minimum atomic E-state index is 0.838. The molecule has 4 aromatic rings. The van der Waals surface area contributed by atoms with Crippen LogP contribution in [0.4, 0.5) is 0 Å². The molecule has 2 heteroatoms. The van der Waals surface area contributed by atoms with Crippen molar-refractivity contribution < 1.29 is 9.47 Å². The Bertz CT molecular complexity index is 1280. The van der Waals surface area contributed by atoms with Crippen LogP contribution >= 0.6 is 0 Å². The molecule has 0 amide bonds. The third-order valence-corrected chi connectivity index (χ3v) is 5.75. The lowest BCUT2D eigenvalue weighted by atomic mass is 9.89. The molecule has 4 aromatic carbocycles. The van der Waals surface area contributed by atoms with E-state index in [-0.39, 0.29) is 0 Å². The zero-order valence-corrected chi connectivity index (χ0v) is 17.4. The van der Waals surface area contributed by atoms with E-state index in [1.165, 1.54) is 0 Å². The molecule has 0 N–H and O–H groups in total. The smallest absolute Gasteiger partial charge is 0.135 e. The molecule has 0 atom stereocenters. The van der Waals surface area contributed by atoms with Gasteiger partial charge in [0.25, 0.3) is 0 Å². The predicted molar refractivity (Wildman–Crippen MR) is 130 cm³/mol. The minimum absolute atomic E-state index is 0.838. The van der Waals surface area contributed by atoms with Crippen molar-refractivity contribution in [3.63, 3.8) is 0 Å². The van der Waals surface area contributed by atoms with Crippen LogP contribution in [0.3, 0.4) is 0 Å². The standard InChI is InChI=1S/C30H20O2/c1-3-11-21(12-4-1)29-19-25(23-15-7-9-17-27(23)31-29)26-20-30(22-13-5-2-6-14-22)32-28-18-10-8-16-24(26)28/h1-20H/b26-25-. The van der Waals surface area contributed by atoms with Crippen molar-refractivity contribution in [3.8, 4) is 11.5 Å². The van der Waals surface area contributed by atoms with Gasteiger partial charge in [0.2, 0.25) is 0 Å². The maximum Gasteiger partial charge on any atom is 0.135 e. The van der Waals surface area contributed by atoms with E-state index in [0.717, 1.165) is 56.4 Å². The molecule has 0 aliphatic carbocycles. The maximum atomic E-state index is 6.31. The van der Waals surface area contributed by atoms with E-state index in [2.05, 4.69) is 60.7 Å².